The minimum atomic E-state index is -0.296. The largest absolute Gasteiger partial charge is 0.426 e. The van der Waals surface area contributed by atoms with Crippen LogP contribution in [0, 0.1) is 0 Å². The molecule has 8 heteroatoms. The van der Waals surface area contributed by atoms with E-state index in [-0.39, 0.29) is 24.2 Å². The molecule has 0 fully saturated rings. The van der Waals surface area contributed by atoms with Gasteiger partial charge in [0, 0.05) is 43.4 Å². The van der Waals surface area contributed by atoms with E-state index in [1.54, 1.807) is 0 Å². The van der Waals surface area contributed by atoms with Crippen molar-refractivity contribution in [3.8, 4) is 5.75 Å². The van der Waals surface area contributed by atoms with Crippen molar-refractivity contribution in [2.45, 2.75) is 123 Å². The summed E-state index contributed by atoms with van der Waals surface area (Å²) in [6.07, 6.45) is 15.1. The van der Waals surface area contributed by atoms with Crippen molar-refractivity contribution in [2.24, 2.45) is 0 Å². The maximum atomic E-state index is 12.6. The maximum absolute atomic E-state index is 12.6. The molecule has 0 spiro atoms. The van der Waals surface area contributed by atoms with E-state index in [9.17, 15) is 14.4 Å². The molecule has 2 N–H and O–H groups in total. The quantitative estimate of drug-likeness (QED) is 0.0835. The molecular weight excluding hydrogens is 570 g/mol. The first-order valence-corrected chi connectivity index (χ1v) is 18.0. The summed E-state index contributed by atoms with van der Waals surface area (Å²) >= 11 is 1.84. The zero-order valence-electron chi connectivity index (χ0n) is 27.2. The molecule has 1 atom stereocenters. The van der Waals surface area contributed by atoms with Crippen LogP contribution < -0.4 is 15.4 Å². The Hall–Kier alpha value is -2.71. The third-order valence-electron chi connectivity index (χ3n) is 8.47. The summed E-state index contributed by atoms with van der Waals surface area (Å²) in [6.45, 7) is 7.39. The number of unbranched alkanes of at least 4 members (excludes halogenated alkanes) is 7. The van der Waals surface area contributed by atoms with Gasteiger partial charge >= 0.3 is 5.97 Å². The standard InChI is InChI=1S/C36H55N3O4S/c1-3-25-39(26-23-31-16-14-27-44-31)30-20-21-32-29(28-30)15-13-17-33(32)43-36(42)22-24-38-35(41)19-12-10-8-6-5-7-9-11-18-34(40)37-4-2/h13-17,27,30H,3-12,18-26,28H2,1-2H3,(H,37,40)(H,38,41). The summed E-state index contributed by atoms with van der Waals surface area (Å²) in [5, 5.41) is 7.87. The Bertz CT molecular complexity index is 1120. The second-order valence-corrected chi connectivity index (χ2v) is 13.0. The highest BCUT2D eigenvalue weighted by Gasteiger charge is 2.26. The van der Waals surface area contributed by atoms with Gasteiger partial charge < -0.3 is 15.4 Å². The van der Waals surface area contributed by atoms with Crippen molar-refractivity contribution in [3.05, 3.63) is 51.7 Å². The summed E-state index contributed by atoms with van der Waals surface area (Å²) < 4.78 is 5.80. The molecular formula is C36H55N3O4S. The maximum Gasteiger partial charge on any atom is 0.312 e. The summed E-state index contributed by atoms with van der Waals surface area (Å²) in [7, 11) is 0. The molecule has 3 rings (SSSR count). The lowest BCUT2D eigenvalue weighted by atomic mass is 9.86. The van der Waals surface area contributed by atoms with Gasteiger partial charge in [-0.05, 0) is 87.1 Å². The van der Waals surface area contributed by atoms with Gasteiger partial charge in [0.15, 0.2) is 0 Å². The van der Waals surface area contributed by atoms with Gasteiger partial charge in [0.1, 0.15) is 5.75 Å². The fourth-order valence-electron chi connectivity index (χ4n) is 6.12. The van der Waals surface area contributed by atoms with E-state index in [4.69, 9.17) is 4.74 Å². The number of esters is 1. The molecule has 0 saturated carbocycles. The van der Waals surface area contributed by atoms with Crippen LogP contribution in [0.15, 0.2) is 35.7 Å². The zero-order chi connectivity index (χ0) is 31.4. The van der Waals surface area contributed by atoms with E-state index in [2.05, 4.69) is 46.0 Å². The number of nitrogens with one attached hydrogen (secondary N) is 2. The Morgan fingerprint density at radius 1 is 0.864 bits per heavy atom. The summed E-state index contributed by atoms with van der Waals surface area (Å²) in [4.78, 5) is 40.4. The predicted octanol–water partition coefficient (Wildman–Crippen LogP) is 7.01. The molecule has 1 unspecified atom stereocenters. The third kappa shape index (κ3) is 13.5. The Kier molecular flexibility index (Phi) is 17.2. The molecule has 1 aliphatic carbocycles. The van der Waals surface area contributed by atoms with Crippen LogP contribution >= 0.6 is 11.3 Å². The fourth-order valence-corrected chi connectivity index (χ4v) is 6.81. The molecule has 1 aliphatic rings. The molecule has 0 bridgehead atoms. The van der Waals surface area contributed by atoms with E-state index in [1.165, 1.54) is 23.3 Å². The van der Waals surface area contributed by atoms with Crippen molar-refractivity contribution >= 4 is 29.1 Å². The number of nitrogens with zero attached hydrogens (tertiary/aromatic N) is 1. The van der Waals surface area contributed by atoms with E-state index in [1.807, 2.05) is 30.4 Å². The van der Waals surface area contributed by atoms with E-state index < -0.39 is 0 Å². The van der Waals surface area contributed by atoms with Gasteiger partial charge in [-0.25, -0.2) is 0 Å². The number of thiophene rings is 1. The average Bonchev–Trinajstić information content (AvgIpc) is 3.54. The van der Waals surface area contributed by atoms with Crippen LogP contribution in [0.5, 0.6) is 5.75 Å². The molecule has 0 saturated heterocycles. The van der Waals surface area contributed by atoms with Gasteiger partial charge in [-0.1, -0.05) is 63.6 Å². The highest BCUT2D eigenvalue weighted by molar-refractivity contribution is 7.09. The average molecular weight is 626 g/mol. The number of fused-ring (bicyclic) bond motifs is 1. The Morgan fingerprint density at radius 3 is 2.23 bits per heavy atom. The summed E-state index contributed by atoms with van der Waals surface area (Å²) in [6, 6.07) is 10.9. The molecule has 1 aromatic carbocycles. The van der Waals surface area contributed by atoms with Crippen molar-refractivity contribution in [3.63, 3.8) is 0 Å². The van der Waals surface area contributed by atoms with E-state index in [0.29, 0.717) is 37.7 Å². The minimum absolute atomic E-state index is 0.00185. The molecule has 7 nitrogen and oxygen atoms in total. The number of carbonyl (C=O) groups is 3. The van der Waals surface area contributed by atoms with Crippen molar-refractivity contribution < 1.29 is 19.1 Å². The van der Waals surface area contributed by atoms with Crippen LogP contribution in [0.25, 0.3) is 0 Å². The first kappa shape index (κ1) is 35.8. The molecule has 1 aromatic heterocycles. The van der Waals surface area contributed by atoms with Crippen molar-refractivity contribution in [1.29, 1.82) is 0 Å². The molecule has 1 heterocycles. The SMILES string of the molecule is CCCN(CCc1cccs1)C1CCc2c(cccc2OC(=O)CCNC(=O)CCCCCCCCCCC(=O)NCC)C1. The lowest BCUT2D eigenvalue weighted by molar-refractivity contribution is -0.134. The molecule has 0 radical (unpaired) electrons. The highest BCUT2D eigenvalue weighted by Crippen LogP contribution is 2.32. The smallest absolute Gasteiger partial charge is 0.312 e. The highest BCUT2D eigenvalue weighted by atomic mass is 32.1. The van der Waals surface area contributed by atoms with Crippen LogP contribution in [0.2, 0.25) is 0 Å². The second kappa shape index (κ2) is 21.1. The molecule has 0 aliphatic heterocycles. The van der Waals surface area contributed by atoms with Crippen LogP contribution in [0.4, 0.5) is 0 Å². The Labute approximate surface area is 269 Å². The fraction of sp³-hybridized carbons (Fsp3) is 0.639. The lowest BCUT2D eigenvalue weighted by Gasteiger charge is -2.35. The topological polar surface area (TPSA) is 87.7 Å². The molecule has 2 amide bonds. The Balaban J connectivity index is 1.27. The van der Waals surface area contributed by atoms with Gasteiger partial charge in [-0.2, -0.15) is 0 Å². The molecule has 44 heavy (non-hydrogen) atoms. The molecule has 2 aromatic rings. The lowest BCUT2D eigenvalue weighted by Crippen LogP contribution is -2.41. The van der Waals surface area contributed by atoms with Crippen LogP contribution in [-0.2, 0) is 33.6 Å². The van der Waals surface area contributed by atoms with Crippen LogP contribution in [-0.4, -0.2) is 54.9 Å². The van der Waals surface area contributed by atoms with Crippen LogP contribution in [0.3, 0.4) is 0 Å². The van der Waals surface area contributed by atoms with Crippen molar-refractivity contribution in [1.82, 2.24) is 15.5 Å². The van der Waals surface area contributed by atoms with Gasteiger partial charge in [0.25, 0.3) is 0 Å². The monoisotopic (exact) mass is 625 g/mol. The minimum Gasteiger partial charge on any atom is -0.426 e. The third-order valence-corrected chi connectivity index (χ3v) is 9.41. The van der Waals surface area contributed by atoms with E-state index in [0.717, 1.165) is 89.3 Å². The van der Waals surface area contributed by atoms with Crippen LogP contribution in [0.1, 0.15) is 113 Å². The zero-order valence-corrected chi connectivity index (χ0v) is 28.0. The summed E-state index contributed by atoms with van der Waals surface area (Å²) in [5.74, 6) is 0.540. The van der Waals surface area contributed by atoms with Gasteiger partial charge in [-0.15, -0.1) is 11.3 Å². The Morgan fingerprint density at radius 2 is 1.57 bits per heavy atom. The second-order valence-electron chi connectivity index (χ2n) is 12.0. The van der Waals surface area contributed by atoms with Gasteiger partial charge in [0.05, 0.1) is 6.42 Å². The number of carbonyl (C=O) groups excluding carboxylic acids is 3. The number of hydrogen-bond acceptors (Lipinski definition) is 6. The predicted molar refractivity (Wildman–Crippen MR) is 180 cm³/mol. The van der Waals surface area contributed by atoms with Crippen molar-refractivity contribution in [2.75, 3.05) is 26.2 Å². The van der Waals surface area contributed by atoms with E-state index >= 15 is 0 Å². The van der Waals surface area contributed by atoms with Gasteiger partial charge in [0.2, 0.25) is 11.8 Å². The van der Waals surface area contributed by atoms with Gasteiger partial charge in [-0.3, -0.25) is 19.3 Å². The number of ether oxygens (including phenoxy) is 1. The normalized spacial score (nSPS) is 14.3. The number of hydrogen-bond donors (Lipinski definition) is 2. The first-order chi connectivity index (χ1) is 21.5. The molecule has 244 valence electrons. The summed E-state index contributed by atoms with van der Waals surface area (Å²) in [5.41, 5.74) is 2.45. The number of rotatable bonds is 22. The first-order valence-electron chi connectivity index (χ1n) is 17.1. The number of amides is 2. The number of benzene rings is 1.